The number of carbonyl (C=O) groups excluding carboxylic acids is 1. The van der Waals surface area contributed by atoms with Crippen molar-refractivity contribution in [3.8, 4) is 17.1 Å². The molecule has 0 amide bonds. The second-order valence-corrected chi connectivity index (χ2v) is 4.62. The molecule has 0 fully saturated rings. The highest BCUT2D eigenvalue weighted by Gasteiger charge is 2.17. The van der Waals surface area contributed by atoms with Crippen LogP contribution in [0.1, 0.15) is 44.3 Å². The van der Waals surface area contributed by atoms with Gasteiger partial charge in [-0.05, 0) is 19.1 Å². The summed E-state index contributed by atoms with van der Waals surface area (Å²) in [6, 6.07) is 7.31. The Balaban J connectivity index is 0.000000593. The van der Waals surface area contributed by atoms with Gasteiger partial charge in [0, 0.05) is 6.54 Å². The van der Waals surface area contributed by atoms with E-state index in [0.29, 0.717) is 18.1 Å². The molecule has 0 saturated carbocycles. The summed E-state index contributed by atoms with van der Waals surface area (Å²) in [5.41, 5.74) is 3.17. The Labute approximate surface area is 136 Å². The van der Waals surface area contributed by atoms with Gasteiger partial charge in [-0.15, -0.1) is 0 Å². The summed E-state index contributed by atoms with van der Waals surface area (Å²) < 4.78 is 10.6. The number of carbonyl (C=O) groups is 1. The minimum absolute atomic E-state index is 0.109. The monoisotopic (exact) mass is 320 g/mol. The van der Waals surface area contributed by atoms with Crippen molar-refractivity contribution >= 4 is 5.97 Å². The summed E-state index contributed by atoms with van der Waals surface area (Å²) in [4.78, 5) is 20.1. The molecule has 0 radical (unpaired) electrons. The lowest BCUT2D eigenvalue weighted by Gasteiger charge is -2.04. The normalized spacial score (nSPS) is 9.74. The van der Waals surface area contributed by atoms with E-state index in [2.05, 4.69) is 24.3 Å². The molecular formula is C17H24N2O4. The summed E-state index contributed by atoms with van der Waals surface area (Å²) in [5.74, 6) is 0.316. The van der Waals surface area contributed by atoms with Gasteiger partial charge in [-0.3, -0.25) is 0 Å². The molecule has 0 unspecified atom stereocenters. The number of para-hydroxylation sites is 1. The molecule has 2 aromatic rings. The molecule has 2 rings (SSSR count). The summed E-state index contributed by atoms with van der Waals surface area (Å²) >= 11 is 0. The fraction of sp³-hybridized carbons (Fsp3) is 0.412. The number of unbranched alkanes of at least 4 members (excludes halogenated alkanes) is 1. The average molecular weight is 320 g/mol. The number of nitrogens with one attached hydrogen (secondary N) is 1. The Morgan fingerprint density at radius 3 is 2.52 bits per heavy atom. The standard InChI is InChI=1S/C13H14N2O4.C4H10/c1-3-15-19-13(16)12-14-8-11(18-12)9-6-4-5-7-10(9)17-2;1-3-4-2/h4-8,15H,3H2,1-2H3;3-4H2,1-2H3. The zero-order chi connectivity index (χ0) is 17.1. The van der Waals surface area contributed by atoms with E-state index < -0.39 is 5.97 Å². The molecule has 126 valence electrons. The van der Waals surface area contributed by atoms with Gasteiger partial charge >= 0.3 is 11.9 Å². The molecular weight excluding hydrogens is 296 g/mol. The molecule has 1 aromatic heterocycles. The molecule has 0 aliphatic carbocycles. The van der Waals surface area contributed by atoms with Gasteiger partial charge in [-0.25, -0.2) is 9.78 Å². The van der Waals surface area contributed by atoms with Gasteiger partial charge in [-0.1, -0.05) is 38.8 Å². The smallest absolute Gasteiger partial charge is 0.413 e. The fourth-order valence-electron chi connectivity index (χ4n) is 1.52. The van der Waals surface area contributed by atoms with Gasteiger partial charge in [-0.2, -0.15) is 5.48 Å². The molecule has 6 nitrogen and oxygen atoms in total. The Bertz CT molecular complexity index is 594. The van der Waals surface area contributed by atoms with Crippen molar-refractivity contribution in [3.05, 3.63) is 36.4 Å². The van der Waals surface area contributed by atoms with Crippen LogP contribution in [-0.2, 0) is 4.84 Å². The third kappa shape index (κ3) is 5.75. The third-order valence-electron chi connectivity index (χ3n) is 2.86. The molecule has 0 atom stereocenters. The van der Waals surface area contributed by atoms with Crippen LogP contribution >= 0.6 is 0 Å². The van der Waals surface area contributed by atoms with E-state index in [4.69, 9.17) is 14.0 Å². The average Bonchev–Trinajstić information content (AvgIpc) is 3.09. The SMILES string of the molecule is CCCC.CCNOC(=O)c1ncc(-c2ccccc2OC)o1. The molecule has 1 N–H and O–H groups in total. The zero-order valence-electron chi connectivity index (χ0n) is 14.1. The Morgan fingerprint density at radius 1 is 1.22 bits per heavy atom. The summed E-state index contributed by atoms with van der Waals surface area (Å²) in [7, 11) is 1.57. The predicted octanol–water partition coefficient (Wildman–Crippen LogP) is 3.84. The first-order valence-corrected chi connectivity index (χ1v) is 7.71. The molecule has 1 heterocycles. The lowest BCUT2D eigenvalue weighted by molar-refractivity contribution is 0.0221. The van der Waals surface area contributed by atoms with Gasteiger partial charge in [0.25, 0.3) is 0 Å². The number of nitrogens with zero attached hydrogens (tertiary/aromatic N) is 1. The predicted molar refractivity (Wildman–Crippen MR) is 88.2 cm³/mol. The molecule has 0 aliphatic rings. The van der Waals surface area contributed by atoms with Gasteiger partial charge in [0.05, 0.1) is 18.9 Å². The maximum absolute atomic E-state index is 11.5. The fourth-order valence-corrected chi connectivity index (χ4v) is 1.52. The number of oxazole rings is 1. The number of ether oxygens (including phenoxy) is 1. The number of hydrogen-bond acceptors (Lipinski definition) is 6. The van der Waals surface area contributed by atoms with E-state index in [9.17, 15) is 4.79 Å². The summed E-state index contributed by atoms with van der Waals surface area (Å²) in [5, 5.41) is 0. The van der Waals surface area contributed by atoms with Crippen LogP contribution in [0.3, 0.4) is 0 Å². The number of aromatic nitrogens is 1. The number of rotatable bonds is 6. The molecule has 0 saturated heterocycles. The van der Waals surface area contributed by atoms with Gasteiger partial charge in [0.15, 0.2) is 5.76 Å². The maximum atomic E-state index is 11.5. The van der Waals surface area contributed by atoms with Crippen LogP contribution < -0.4 is 10.2 Å². The first-order valence-electron chi connectivity index (χ1n) is 7.71. The molecule has 0 bridgehead atoms. The van der Waals surface area contributed by atoms with Crippen molar-refractivity contribution in [2.24, 2.45) is 0 Å². The third-order valence-corrected chi connectivity index (χ3v) is 2.86. The minimum atomic E-state index is -0.664. The zero-order valence-corrected chi connectivity index (χ0v) is 14.1. The second-order valence-electron chi connectivity index (χ2n) is 4.62. The van der Waals surface area contributed by atoms with Crippen molar-refractivity contribution in [3.63, 3.8) is 0 Å². The van der Waals surface area contributed by atoms with Crippen LogP contribution in [0.25, 0.3) is 11.3 Å². The molecule has 0 spiro atoms. The van der Waals surface area contributed by atoms with Crippen molar-refractivity contribution in [1.29, 1.82) is 0 Å². The van der Waals surface area contributed by atoms with Gasteiger partial charge < -0.3 is 14.0 Å². The molecule has 0 aliphatic heterocycles. The van der Waals surface area contributed by atoms with Crippen LogP contribution in [0.4, 0.5) is 0 Å². The van der Waals surface area contributed by atoms with E-state index in [1.807, 2.05) is 25.1 Å². The Hall–Kier alpha value is -2.34. The Morgan fingerprint density at radius 2 is 1.91 bits per heavy atom. The van der Waals surface area contributed by atoms with E-state index in [0.717, 1.165) is 5.56 Å². The van der Waals surface area contributed by atoms with E-state index in [1.165, 1.54) is 19.0 Å². The summed E-state index contributed by atoms with van der Waals surface area (Å²) in [6.07, 6.45) is 4.10. The number of benzene rings is 1. The first kappa shape index (κ1) is 18.7. The highest BCUT2D eigenvalue weighted by molar-refractivity contribution is 5.84. The lowest BCUT2D eigenvalue weighted by Crippen LogP contribution is -2.19. The van der Waals surface area contributed by atoms with E-state index in [-0.39, 0.29) is 5.89 Å². The van der Waals surface area contributed by atoms with Crippen molar-refractivity contribution in [2.45, 2.75) is 33.6 Å². The van der Waals surface area contributed by atoms with Gasteiger partial charge in [0.1, 0.15) is 5.75 Å². The van der Waals surface area contributed by atoms with Gasteiger partial charge in [0.2, 0.25) is 0 Å². The maximum Gasteiger partial charge on any atom is 0.413 e. The highest BCUT2D eigenvalue weighted by Crippen LogP contribution is 2.29. The quantitative estimate of drug-likeness (QED) is 0.815. The van der Waals surface area contributed by atoms with E-state index >= 15 is 0 Å². The lowest BCUT2D eigenvalue weighted by atomic mass is 10.1. The number of hydrogen-bond donors (Lipinski definition) is 1. The number of methoxy groups -OCH3 is 1. The Kier molecular flexibility index (Phi) is 8.46. The first-order chi connectivity index (χ1) is 11.2. The van der Waals surface area contributed by atoms with Crippen LogP contribution in [-0.4, -0.2) is 24.6 Å². The van der Waals surface area contributed by atoms with Crippen LogP contribution in [0.5, 0.6) is 5.75 Å². The summed E-state index contributed by atoms with van der Waals surface area (Å²) in [6.45, 7) is 6.68. The van der Waals surface area contributed by atoms with Crippen LogP contribution in [0, 0.1) is 0 Å². The molecule has 1 aromatic carbocycles. The van der Waals surface area contributed by atoms with Crippen molar-refractivity contribution in [2.75, 3.05) is 13.7 Å². The van der Waals surface area contributed by atoms with Crippen LogP contribution in [0.15, 0.2) is 34.9 Å². The second kappa shape index (κ2) is 10.4. The highest BCUT2D eigenvalue weighted by atomic mass is 16.7. The largest absolute Gasteiger partial charge is 0.496 e. The van der Waals surface area contributed by atoms with Crippen molar-refractivity contribution in [1.82, 2.24) is 10.5 Å². The van der Waals surface area contributed by atoms with Crippen LogP contribution in [0.2, 0.25) is 0 Å². The topological polar surface area (TPSA) is 73.6 Å². The molecule has 23 heavy (non-hydrogen) atoms. The van der Waals surface area contributed by atoms with E-state index in [1.54, 1.807) is 13.2 Å². The number of hydroxylamine groups is 1. The van der Waals surface area contributed by atoms with Crippen molar-refractivity contribution < 1.29 is 18.8 Å². The molecule has 6 heteroatoms. The minimum Gasteiger partial charge on any atom is -0.496 e.